The highest BCUT2D eigenvalue weighted by Gasteiger charge is 2.15. The Balaban J connectivity index is 2.18. The Kier molecular flexibility index (Phi) is 4.41. The fraction of sp³-hybridized carbons (Fsp3) is 0.357. The standard InChI is InChI=1S/C14H19N3O2/c1-3-18-12-6-4-5-7-13(12)19-14(8-15)11-9-16-17(2)10-11/h4-7,9-10,14H,3,8,15H2,1-2H3. The molecule has 102 valence electrons. The van der Waals surface area contributed by atoms with Crippen molar-refractivity contribution in [3.8, 4) is 11.5 Å². The van der Waals surface area contributed by atoms with E-state index >= 15 is 0 Å². The molecule has 2 N–H and O–H groups in total. The number of aromatic nitrogens is 2. The zero-order valence-corrected chi connectivity index (χ0v) is 11.2. The minimum atomic E-state index is -0.227. The lowest BCUT2D eigenvalue weighted by Gasteiger charge is -2.18. The second-order valence-corrected chi connectivity index (χ2v) is 4.17. The van der Waals surface area contributed by atoms with Crippen LogP contribution in [0.25, 0.3) is 0 Å². The minimum Gasteiger partial charge on any atom is -0.490 e. The molecule has 5 heteroatoms. The van der Waals surface area contributed by atoms with Gasteiger partial charge in [-0.3, -0.25) is 4.68 Å². The molecule has 1 unspecified atom stereocenters. The van der Waals surface area contributed by atoms with Crippen molar-refractivity contribution in [2.24, 2.45) is 12.8 Å². The van der Waals surface area contributed by atoms with Gasteiger partial charge in [0, 0.05) is 25.4 Å². The van der Waals surface area contributed by atoms with E-state index in [1.54, 1.807) is 10.9 Å². The van der Waals surface area contributed by atoms with E-state index in [4.69, 9.17) is 15.2 Å². The van der Waals surface area contributed by atoms with Crippen molar-refractivity contribution in [2.75, 3.05) is 13.2 Å². The number of para-hydroxylation sites is 2. The van der Waals surface area contributed by atoms with E-state index in [2.05, 4.69) is 5.10 Å². The fourth-order valence-electron chi connectivity index (χ4n) is 1.83. The average molecular weight is 261 g/mol. The van der Waals surface area contributed by atoms with Crippen LogP contribution in [0.3, 0.4) is 0 Å². The van der Waals surface area contributed by atoms with Gasteiger partial charge in [-0.1, -0.05) is 12.1 Å². The van der Waals surface area contributed by atoms with Gasteiger partial charge in [0.25, 0.3) is 0 Å². The van der Waals surface area contributed by atoms with Crippen molar-refractivity contribution < 1.29 is 9.47 Å². The van der Waals surface area contributed by atoms with Crippen LogP contribution in [0.15, 0.2) is 36.7 Å². The normalized spacial score (nSPS) is 12.2. The molecule has 1 atom stereocenters. The number of rotatable bonds is 6. The van der Waals surface area contributed by atoms with Gasteiger partial charge < -0.3 is 15.2 Å². The number of hydrogen-bond acceptors (Lipinski definition) is 4. The van der Waals surface area contributed by atoms with E-state index in [9.17, 15) is 0 Å². The van der Waals surface area contributed by atoms with Crippen molar-refractivity contribution in [1.82, 2.24) is 9.78 Å². The van der Waals surface area contributed by atoms with Crippen LogP contribution in [0, 0.1) is 0 Å². The Hall–Kier alpha value is -2.01. The lowest BCUT2D eigenvalue weighted by molar-refractivity contribution is 0.200. The smallest absolute Gasteiger partial charge is 0.162 e. The molecule has 0 radical (unpaired) electrons. The molecule has 1 aromatic carbocycles. The van der Waals surface area contributed by atoms with Crippen LogP contribution < -0.4 is 15.2 Å². The van der Waals surface area contributed by atoms with Gasteiger partial charge >= 0.3 is 0 Å². The summed E-state index contributed by atoms with van der Waals surface area (Å²) in [5, 5.41) is 4.14. The average Bonchev–Trinajstić information content (AvgIpc) is 2.84. The molecule has 2 rings (SSSR count). The van der Waals surface area contributed by atoms with Crippen molar-refractivity contribution in [2.45, 2.75) is 13.0 Å². The Labute approximate surface area is 112 Å². The van der Waals surface area contributed by atoms with Crippen LogP contribution in [0.5, 0.6) is 11.5 Å². The van der Waals surface area contributed by atoms with Crippen LogP contribution in [0.4, 0.5) is 0 Å². The van der Waals surface area contributed by atoms with Gasteiger partial charge in [-0.05, 0) is 19.1 Å². The third kappa shape index (κ3) is 3.26. The van der Waals surface area contributed by atoms with Gasteiger partial charge in [-0.25, -0.2) is 0 Å². The van der Waals surface area contributed by atoms with E-state index in [1.165, 1.54) is 0 Å². The van der Waals surface area contributed by atoms with Crippen LogP contribution in [0.2, 0.25) is 0 Å². The van der Waals surface area contributed by atoms with E-state index < -0.39 is 0 Å². The number of ether oxygens (including phenoxy) is 2. The Morgan fingerprint density at radius 2 is 2.05 bits per heavy atom. The van der Waals surface area contributed by atoms with Gasteiger partial charge in [0.15, 0.2) is 11.5 Å². The zero-order valence-electron chi connectivity index (χ0n) is 11.2. The molecule has 0 spiro atoms. The molecule has 0 saturated carbocycles. The number of nitrogens with zero attached hydrogens (tertiary/aromatic N) is 2. The summed E-state index contributed by atoms with van der Waals surface area (Å²) in [7, 11) is 1.87. The quantitative estimate of drug-likeness (QED) is 0.862. The van der Waals surface area contributed by atoms with Crippen LogP contribution >= 0.6 is 0 Å². The monoisotopic (exact) mass is 261 g/mol. The molecule has 1 aromatic heterocycles. The molecule has 5 nitrogen and oxygen atoms in total. The highest BCUT2D eigenvalue weighted by Crippen LogP contribution is 2.30. The second-order valence-electron chi connectivity index (χ2n) is 4.17. The number of aryl methyl sites for hydroxylation is 1. The van der Waals surface area contributed by atoms with Gasteiger partial charge in [0.1, 0.15) is 6.10 Å². The van der Waals surface area contributed by atoms with E-state index in [0.29, 0.717) is 18.9 Å². The highest BCUT2D eigenvalue weighted by atomic mass is 16.5. The minimum absolute atomic E-state index is 0.227. The first-order chi connectivity index (χ1) is 9.24. The molecule has 0 bridgehead atoms. The molecular weight excluding hydrogens is 242 g/mol. The summed E-state index contributed by atoms with van der Waals surface area (Å²) in [6, 6.07) is 7.59. The maximum atomic E-state index is 5.94. The molecule has 0 amide bonds. The Bertz CT molecular complexity index is 525. The lowest BCUT2D eigenvalue weighted by atomic mass is 10.2. The maximum Gasteiger partial charge on any atom is 0.162 e. The number of benzene rings is 1. The lowest BCUT2D eigenvalue weighted by Crippen LogP contribution is -2.18. The van der Waals surface area contributed by atoms with Crippen LogP contribution in [-0.2, 0) is 7.05 Å². The molecular formula is C14H19N3O2. The number of nitrogens with two attached hydrogens (primary N) is 1. The predicted octanol–water partition coefficient (Wildman–Crippen LogP) is 1.90. The zero-order chi connectivity index (χ0) is 13.7. The molecule has 1 heterocycles. The van der Waals surface area contributed by atoms with E-state index in [0.717, 1.165) is 11.3 Å². The Morgan fingerprint density at radius 3 is 2.63 bits per heavy atom. The molecule has 0 aliphatic heterocycles. The molecule has 2 aromatic rings. The van der Waals surface area contributed by atoms with Gasteiger partial charge in [0.05, 0.1) is 12.8 Å². The first kappa shape index (κ1) is 13.4. The SMILES string of the molecule is CCOc1ccccc1OC(CN)c1cnn(C)c1. The van der Waals surface area contributed by atoms with Gasteiger partial charge in [-0.15, -0.1) is 0 Å². The first-order valence-corrected chi connectivity index (χ1v) is 6.31. The maximum absolute atomic E-state index is 5.94. The third-order valence-corrected chi connectivity index (χ3v) is 2.73. The summed E-state index contributed by atoms with van der Waals surface area (Å²) in [6.07, 6.45) is 3.44. The Morgan fingerprint density at radius 1 is 1.32 bits per heavy atom. The summed E-state index contributed by atoms with van der Waals surface area (Å²) in [5.74, 6) is 1.43. The summed E-state index contributed by atoms with van der Waals surface area (Å²) in [6.45, 7) is 2.92. The van der Waals surface area contributed by atoms with Crippen molar-refractivity contribution in [3.63, 3.8) is 0 Å². The largest absolute Gasteiger partial charge is 0.490 e. The number of hydrogen-bond donors (Lipinski definition) is 1. The molecule has 0 fully saturated rings. The summed E-state index contributed by atoms with van der Waals surface area (Å²) in [5.41, 5.74) is 6.74. The van der Waals surface area contributed by atoms with E-state index in [1.807, 2.05) is 44.4 Å². The van der Waals surface area contributed by atoms with Crippen LogP contribution in [0.1, 0.15) is 18.6 Å². The molecule has 0 saturated heterocycles. The topological polar surface area (TPSA) is 62.3 Å². The van der Waals surface area contributed by atoms with Crippen LogP contribution in [-0.4, -0.2) is 22.9 Å². The summed E-state index contributed by atoms with van der Waals surface area (Å²) < 4.78 is 13.2. The highest BCUT2D eigenvalue weighted by molar-refractivity contribution is 5.40. The molecule has 0 aliphatic carbocycles. The van der Waals surface area contributed by atoms with Gasteiger partial charge in [0.2, 0.25) is 0 Å². The van der Waals surface area contributed by atoms with Gasteiger partial charge in [-0.2, -0.15) is 5.10 Å². The second kappa shape index (κ2) is 6.24. The van der Waals surface area contributed by atoms with E-state index in [-0.39, 0.29) is 6.10 Å². The first-order valence-electron chi connectivity index (χ1n) is 6.31. The molecule has 0 aliphatic rings. The molecule has 19 heavy (non-hydrogen) atoms. The summed E-state index contributed by atoms with van der Waals surface area (Å²) >= 11 is 0. The summed E-state index contributed by atoms with van der Waals surface area (Å²) in [4.78, 5) is 0. The fourth-order valence-corrected chi connectivity index (χ4v) is 1.83. The van der Waals surface area contributed by atoms with Crippen molar-refractivity contribution in [3.05, 3.63) is 42.2 Å². The predicted molar refractivity (Wildman–Crippen MR) is 73.2 cm³/mol. The van der Waals surface area contributed by atoms with Crippen molar-refractivity contribution >= 4 is 0 Å². The third-order valence-electron chi connectivity index (χ3n) is 2.73. The van der Waals surface area contributed by atoms with Crippen molar-refractivity contribution in [1.29, 1.82) is 0 Å².